The van der Waals surface area contributed by atoms with Gasteiger partial charge in [-0.05, 0) is 6.42 Å². The third-order valence-electron chi connectivity index (χ3n) is 5.80. The molecule has 0 bridgehead atoms. The van der Waals surface area contributed by atoms with E-state index in [0.29, 0.717) is 6.42 Å². The topological polar surface area (TPSA) is 196 Å². The summed E-state index contributed by atoms with van der Waals surface area (Å²) in [4.78, 5) is 12.3. The van der Waals surface area contributed by atoms with Crippen molar-refractivity contribution in [3.63, 3.8) is 0 Å². The SMILES string of the molecule is CCCCCCCC(=O)O[C@H]1[C@@H](O[C@]2(CO)O[C@H](CO)[C@@H](O)[C@@H]2O)O[C@H](CO)[C@@H](O)[C@@H]1O. The predicted octanol–water partition coefficient (Wildman–Crippen LogP) is -2.48. The van der Waals surface area contributed by atoms with Gasteiger partial charge < -0.3 is 54.7 Å². The van der Waals surface area contributed by atoms with Crippen molar-refractivity contribution in [1.82, 2.24) is 0 Å². The molecule has 2 aliphatic rings. The Kier molecular flexibility index (Phi) is 10.7. The molecule has 2 saturated heterocycles. The van der Waals surface area contributed by atoms with E-state index in [1.54, 1.807) is 0 Å². The van der Waals surface area contributed by atoms with Gasteiger partial charge in [0.25, 0.3) is 0 Å². The lowest BCUT2D eigenvalue weighted by Gasteiger charge is -2.44. The van der Waals surface area contributed by atoms with E-state index in [4.69, 9.17) is 18.9 Å². The molecule has 0 aliphatic carbocycles. The second-order valence-corrected chi connectivity index (χ2v) is 8.19. The van der Waals surface area contributed by atoms with E-state index in [-0.39, 0.29) is 6.42 Å². The van der Waals surface area contributed by atoms with E-state index < -0.39 is 80.6 Å². The highest BCUT2D eigenvalue weighted by molar-refractivity contribution is 5.69. The molecule has 0 amide bonds. The van der Waals surface area contributed by atoms with Gasteiger partial charge in [0.15, 0.2) is 6.10 Å². The Labute approximate surface area is 186 Å². The Bertz CT molecular complexity index is 577. The van der Waals surface area contributed by atoms with Crippen molar-refractivity contribution in [3.05, 3.63) is 0 Å². The first-order valence-electron chi connectivity index (χ1n) is 11.0. The number of esters is 1. The monoisotopic (exact) mass is 468 g/mol. The third kappa shape index (κ3) is 6.14. The molecule has 32 heavy (non-hydrogen) atoms. The molecule has 0 saturated carbocycles. The van der Waals surface area contributed by atoms with Crippen LogP contribution in [0.4, 0.5) is 0 Å². The lowest BCUT2D eigenvalue weighted by molar-refractivity contribution is -0.384. The summed E-state index contributed by atoms with van der Waals surface area (Å²) in [5.41, 5.74) is 0. The fourth-order valence-electron chi connectivity index (χ4n) is 3.83. The molecule has 0 aromatic rings. The standard InChI is InChI=1S/C20H36O12/c1-2-3-4-5-6-7-13(24)30-17-16(27)14(25)11(8-21)29-19(17)32-20(10-23)18(28)15(26)12(9-22)31-20/h11-12,14-19,21-23,25-28H,2-10H2,1H3/t11-,12-,14-,15-,16+,17-,18+,19-,20+/m1/s1. The molecule has 12 heteroatoms. The summed E-state index contributed by atoms with van der Waals surface area (Å²) in [5.74, 6) is -2.96. The van der Waals surface area contributed by atoms with Gasteiger partial charge >= 0.3 is 5.97 Å². The first-order chi connectivity index (χ1) is 15.2. The molecule has 188 valence electrons. The Morgan fingerprint density at radius 1 is 0.906 bits per heavy atom. The van der Waals surface area contributed by atoms with Gasteiger partial charge in [-0.3, -0.25) is 4.79 Å². The number of carbonyl (C=O) groups excluding carboxylic acids is 1. The smallest absolute Gasteiger partial charge is 0.306 e. The molecule has 2 rings (SSSR count). The zero-order valence-corrected chi connectivity index (χ0v) is 18.2. The first kappa shape index (κ1) is 27.3. The van der Waals surface area contributed by atoms with Crippen molar-refractivity contribution in [2.75, 3.05) is 19.8 Å². The van der Waals surface area contributed by atoms with Crippen molar-refractivity contribution in [3.8, 4) is 0 Å². The second kappa shape index (κ2) is 12.5. The third-order valence-corrected chi connectivity index (χ3v) is 5.80. The van der Waals surface area contributed by atoms with Gasteiger partial charge in [0.1, 0.15) is 43.2 Å². The fraction of sp³-hybridized carbons (Fsp3) is 0.950. The molecular formula is C20H36O12. The zero-order valence-electron chi connectivity index (χ0n) is 18.2. The van der Waals surface area contributed by atoms with Gasteiger partial charge in [-0.25, -0.2) is 0 Å². The fourth-order valence-corrected chi connectivity index (χ4v) is 3.83. The maximum Gasteiger partial charge on any atom is 0.306 e. The number of hydrogen-bond acceptors (Lipinski definition) is 12. The van der Waals surface area contributed by atoms with E-state index in [0.717, 1.165) is 25.7 Å². The summed E-state index contributed by atoms with van der Waals surface area (Å²) >= 11 is 0. The van der Waals surface area contributed by atoms with Crippen molar-refractivity contribution in [2.24, 2.45) is 0 Å². The normalized spacial score (nSPS) is 39.9. The van der Waals surface area contributed by atoms with Crippen LogP contribution in [0.25, 0.3) is 0 Å². The Morgan fingerprint density at radius 2 is 1.56 bits per heavy atom. The van der Waals surface area contributed by atoms with Crippen LogP contribution in [0.5, 0.6) is 0 Å². The van der Waals surface area contributed by atoms with Crippen LogP contribution < -0.4 is 0 Å². The Hall–Kier alpha value is -0.930. The van der Waals surface area contributed by atoms with E-state index >= 15 is 0 Å². The number of hydrogen-bond donors (Lipinski definition) is 7. The van der Waals surface area contributed by atoms with Crippen LogP contribution in [0.2, 0.25) is 0 Å². The van der Waals surface area contributed by atoms with Crippen LogP contribution >= 0.6 is 0 Å². The average molecular weight is 468 g/mol. The minimum Gasteiger partial charge on any atom is -0.454 e. The number of ether oxygens (including phenoxy) is 4. The largest absolute Gasteiger partial charge is 0.454 e. The maximum atomic E-state index is 12.3. The van der Waals surface area contributed by atoms with Gasteiger partial charge in [0.2, 0.25) is 12.1 Å². The van der Waals surface area contributed by atoms with Gasteiger partial charge in [0, 0.05) is 6.42 Å². The lowest BCUT2D eigenvalue weighted by atomic mass is 9.98. The van der Waals surface area contributed by atoms with Crippen molar-refractivity contribution in [2.45, 2.75) is 100 Å². The predicted molar refractivity (Wildman–Crippen MR) is 106 cm³/mol. The highest BCUT2D eigenvalue weighted by Gasteiger charge is 2.59. The number of unbranched alkanes of at least 4 members (excludes halogenated alkanes) is 4. The molecule has 9 atom stereocenters. The van der Waals surface area contributed by atoms with Gasteiger partial charge in [-0.2, -0.15) is 0 Å². The number of rotatable bonds is 12. The number of aliphatic hydroxyl groups is 7. The van der Waals surface area contributed by atoms with Crippen molar-refractivity contribution < 1.29 is 59.5 Å². The summed E-state index contributed by atoms with van der Waals surface area (Å²) in [5, 5.41) is 69.6. The molecule has 0 aromatic carbocycles. The zero-order chi connectivity index (χ0) is 23.9. The molecule has 7 N–H and O–H groups in total. The van der Waals surface area contributed by atoms with Crippen LogP contribution in [0.3, 0.4) is 0 Å². The summed E-state index contributed by atoms with van der Waals surface area (Å²) < 4.78 is 21.6. The van der Waals surface area contributed by atoms with E-state index in [2.05, 4.69) is 6.92 Å². The van der Waals surface area contributed by atoms with Crippen LogP contribution in [-0.2, 0) is 23.7 Å². The lowest BCUT2D eigenvalue weighted by Crippen LogP contribution is -2.63. The molecule has 2 heterocycles. The van der Waals surface area contributed by atoms with Crippen molar-refractivity contribution in [1.29, 1.82) is 0 Å². The quantitative estimate of drug-likeness (QED) is 0.118. The second-order valence-electron chi connectivity index (χ2n) is 8.19. The van der Waals surface area contributed by atoms with E-state index in [1.165, 1.54) is 0 Å². The molecule has 2 aliphatic heterocycles. The van der Waals surface area contributed by atoms with Crippen LogP contribution in [0, 0.1) is 0 Å². The summed E-state index contributed by atoms with van der Waals surface area (Å²) in [6.45, 7) is -0.322. The Balaban J connectivity index is 2.14. The number of aliphatic hydroxyl groups excluding tert-OH is 7. The maximum absolute atomic E-state index is 12.3. The van der Waals surface area contributed by atoms with Crippen LogP contribution in [0.15, 0.2) is 0 Å². The van der Waals surface area contributed by atoms with Gasteiger partial charge in [-0.1, -0.05) is 32.6 Å². The van der Waals surface area contributed by atoms with E-state index in [9.17, 15) is 40.5 Å². The minimum atomic E-state index is -2.27. The molecular weight excluding hydrogens is 432 g/mol. The van der Waals surface area contributed by atoms with E-state index in [1.807, 2.05) is 0 Å². The Morgan fingerprint density at radius 3 is 2.12 bits per heavy atom. The first-order valence-corrected chi connectivity index (χ1v) is 11.0. The highest BCUT2D eigenvalue weighted by atomic mass is 16.8. The highest BCUT2D eigenvalue weighted by Crippen LogP contribution is 2.36. The number of carbonyl (C=O) groups is 1. The summed E-state index contributed by atoms with van der Waals surface area (Å²) in [6.07, 6.45) is -8.16. The van der Waals surface area contributed by atoms with Crippen LogP contribution in [-0.4, -0.2) is 116 Å². The molecule has 0 unspecified atom stereocenters. The summed E-state index contributed by atoms with van der Waals surface area (Å²) in [6, 6.07) is 0. The molecule has 2 fully saturated rings. The summed E-state index contributed by atoms with van der Waals surface area (Å²) in [7, 11) is 0. The molecule has 0 aromatic heterocycles. The van der Waals surface area contributed by atoms with Gasteiger partial charge in [-0.15, -0.1) is 0 Å². The van der Waals surface area contributed by atoms with Crippen LogP contribution in [0.1, 0.15) is 45.4 Å². The van der Waals surface area contributed by atoms with Gasteiger partial charge in [0.05, 0.1) is 13.2 Å². The molecule has 12 nitrogen and oxygen atoms in total. The van der Waals surface area contributed by atoms with Crippen molar-refractivity contribution >= 4 is 5.97 Å². The minimum absolute atomic E-state index is 0.0503. The molecule has 0 spiro atoms. The average Bonchev–Trinajstić information content (AvgIpc) is 3.03. The molecule has 0 radical (unpaired) electrons.